The Labute approximate surface area is 215 Å². The van der Waals surface area contributed by atoms with Crippen molar-refractivity contribution in [1.29, 1.82) is 0 Å². The summed E-state index contributed by atoms with van der Waals surface area (Å²) in [5, 5.41) is 16.0. The standard InChI is InChI=1S/C27H30Cl2N2O2S/c1-30(26(32)22-10-16-34-19-22)18-21(20-7-8-24(28)25(29)17-20)9-13-31-14-11-27(33,12-15-31)23-5-3-2-4-6-23/h2-8,10,16-17,19,21,33H,9,11-15,18H2,1H3. The van der Waals surface area contributed by atoms with Crippen LogP contribution in [0.4, 0.5) is 0 Å². The fourth-order valence-corrected chi connectivity index (χ4v) is 5.61. The largest absolute Gasteiger partial charge is 0.385 e. The number of nitrogens with zero attached hydrogens (tertiary/aromatic N) is 2. The summed E-state index contributed by atoms with van der Waals surface area (Å²) in [6.07, 6.45) is 2.30. The first-order chi connectivity index (χ1) is 16.4. The molecule has 1 atom stereocenters. The molecule has 1 saturated heterocycles. The molecule has 1 aromatic heterocycles. The van der Waals surface area contributed by atoms with Crippen LogP contribution in [-0.4, -0.2) is 54.0 Å². The fourth-order valence-electron chi connectivity index (χ4n) is 4.67. The Kier molecular flexibility index (Phi) is 8.33. The van der Waals surface area contributed by atoms with Crippen LogP contribution in [0.1, 0.15) is 46.7 Å². The lowest BCUT2D eigenvalue weighted by atomic mass is 9.84. The number of carbonyl (C=O) groups excluding carboxylic acids is 1. The van der Waals surface area contributed by atoms with Gasteiger partial charge in [-0.1, -0.05) is 59.6 Å². The Bertz CT molecular complexity index is 1080. The zero-order valence-electron chi connectivity index (χ0n) is 19.3. The molecule has 7 heteroatoms. The van der Waals surface area contributed by atoms with Crippen molar-refractivity contribution in [2.45, 2.75) is 30.8 Å². The van der Waals surface area contributed by atoms with E-state index in [1.54, 1.807) is 4.90 Å². The third-order valence-electron chi connectivity index (χ3n) is 6.81. The van der Waals surface area contributed by atoms with E-state index in [1.165, 1.54) is 11.3 Å². The molecule has 2 heterocycles. The normalized spacial score (nSPS) is 16.8. The van der Waals surface area contributed by atoms with E-state index in [1.807, 2.05) is 72.4 Å². The summed E-state index contributed by atoms with van der Waals surface area (Å²) in [6.45, 7) is 3.15. The molecule has 180 valence electrons. The van der Waals surface area contributed by atoms with E-state index in [4.69, 9.17) is 23.2 Å². The van der Waals surface area contributed by atoms with E-state index in [0.29, 0.717) is 29.4 Å². The molecule has 2 aromatic carbocycles. The van der Waals surface area contributed by atoms with Crippen LogP contribution in [0.2, 0.25) is 10.0 Å². The first kappa shape index (κ1) is 25.2. The quantitative estimate of drug-likeness (QED) is 0.382. The maximum absolute atomic E-state index is 12.9. The average Bonchev–Trinajstić information content (AvgIpc) is 3.39. The topological polar surface area (TPSA) is 43.8 Å². The number of piperidine rings is 1. The van der Waals surface area contributed by atoms with Crippen molar-refractivity contribution in [3.63, 3.8) is 0 Å². The van der Waals surface area contributed by atoms with Gasteiger partial charge in [0.05, 0.1) is 21.2 Å². The van der Waals surface area contributed by atoms with E-state index in [2.05, 4.69) is 4.90 Å². The Morgan fingerprint density at radius 3 is 2.50 bits per heavy atom. The second-order valence-electron chi connectivity index (χ2n) is 9.10. The molecule has 0 saturated carbocycles. The molecule has 0 spiro atoms. The molecule has 4 nitrogen and oxygen atoms in total. The zero-order valence-corrected chi connectivity index (χ0v) is 21.6. The predicted octanol–water partition coefficient (Wildman–Crippen LogP) is 6.28. The van der Waals surface area contributed by atoms with Crippen LogP contribution in [0, 0.1) is 0 Å². The van der Waals surface area contributed by atoms with E-state index >= 15 is 0 Å². The van der Waals surface area contributed by atoms with Crippen molar-refractivity contribution in [2.24, 2.45) is 0 Å². The molecule has 0 aliphatic carbocycles. The summed E-state index contributed by atoms with van der Waals surface area (Å²) in [4.78, 5) is 17.0. The summed E-state index contributed by atoms with van der Waals surface area (Å²) in [5.74, 6) is 0.148. The van der Waals surface area contributed by atoms with Crippen molar-refractivity contribution < 1.29 is 9.90 Å². The molecule has 1 N–H and O–H groups in total. The monoisotopic (exact) mass is 516 g/mol. The van der Waals surface area contributed by atoms with Gasteiger partial charge in [0.1, 0.15) is 0 Å². The van der Waals surface area contributed by atoms with Gasteiger partial charge in [0.25, 0.3) is 5.91 Å². The van der Waals surface area contributed by atoms with Crippen LogP contribution in [0.5, 0.6) is 0 Å². The maximum atomic E-state index is 12.9. The summed E-state index contributed by atoms with van der Waals surface area (Å²) in [7, 11) is 1.85. The van der Waals surface area contributed by atoms with Crippen LogP contribution in [0.15, 0.2) is 65.4 Å². The third-order valence-corrected chi connectivity index (χ3v) is 8.23. The number of hydrogen-bond donors (Lipinski definition) is 1. The lowest BCUT2D eigenvalue weighted by Crippen LogP contribution is -2.43. The minimum atomic E-state index is -0.756. The molecule has 1 aliphatic heterocycles. The van der Waals surface area contributed by atoms with Crippen molar-refractivity contribution in [3.8, 4) is 0 Å². The van der Waals surface area contributed by atoms with Crippen molar-refractivity contribution in [3.05, 3.63) is 92.1 Å². The van der Waals surface area contributed by atoms with E-state index < -0.39 is 5.60 Å². The molecule has 4 rings (SSSR count). The van der Waals surface area contributed by atoms with E-state index in [9.17, 15) is 9.90 Å². The predicted molar refractivity (Wildman–Crippen MR) is 141 cm³/mol. The number of aliphatic hydroxyl groups is 1. The molecule has 1 fully saturated rings. The smallest absolute Gasteiger partial charge is 0.254 e. The molecule has 1 unspecified atom stereocenters. The van der Waals surface area contributed by atoms with Gasteiger partial charge in [-0.05, 0) is 60.5 Å². The third kappa shape index (κ3) is 6.02. The highest BCUT2D eigenvalue weighted by Crippen LogP contribution is 2.34. The Morgan fingerprint density at radius 1 is 1.12 bits per heavy atom. The molecule has 0 bridgehead atoms. The Morgan fingerprint density at radius 2 is 1.85 bits per heavy atom. The van der Waals surface area contributed by atoms with Crippen LogP contribution >= 0.6 is 34.5 Å². The van der Waals surface area contributed by atoms with Gasteiger partial charge in [-0.3, -0.25) is 4.79 Å². The number of rotatable bonds is 8. The molecule has 1 aliphatic rings. The number of halogens is 2. The summed E-state index contributed by atoms with van der Waals surface area (Å²) in [5.41, 5.74) is 2.04. The van der Waals surface area contributed by atoms with Crippen LogP contribution in [-0.2, 0) is 5.60 Å². The molecular formula is C27H30Cl2N2O2S. The first-order valence-electron chi connectivity index (χ1n) is 11.6. The second-order valence-corrected chi connectivity index (χ2v) is 10.7. The zero-order chi connectivity index (χ0) is 24.1. The van der Waals surface area contributed by atoms with E-state index in [-0.39, 0.29) is 11.8 Å². The number of likely N-dealkylation sites (tertiary alicyclic amines) is 1. The Balaban J connectivity index is 1.41. The van der Waals surface area contributed by atoms with Gasteiger partial charge in [-0.15, -0.1) is 0 Å². The van der Waals surface area contributed by atoms with Crippen LogP contribution in [0.25, 0.3) is 0 Å². The van der Waals surface area contributed by atoms with Crippen molar-refractivity contribution in [1.82, 2.24) is 9.80 Å². The van der Waals surface area contributed by atoms with Gasteiger partial charge in [-0.25, -0.2) is 0 Å². The van der Waals surface area contributed by atoms with Gasteiger partial charge in [0, 0.05) is 38.0 Å². The highest BCUT2D eigenvalue weighted by atomic mass is 35.5. The first-order valence-corrected chi connectivity index (χ1v) is 13.3. The highest BCUT2D eigenvalue weighted by Gasteiger charge is 2.34. The number of likely N-dealkylation sites (N-methyl/N-ethyl adjacent to an activating group) is 1. The van der Waals surface area contributed by atoms with Gasteiger partial charge >= 0.3 is 0 Å². The average molecular weight is 518 g/mol. The maximum Gasteiger partial charge on any atom is 0.254 e. The lowest BCUT2D eigenvalue weighted by Gasteiger charge is -2.39. The summed E-state index contributed by atoms with van der Waals surface area (Å²) in [6, 6.07) is 17.6. The molecule has 1 amide bonds. The van der Waals surface area contributed by atoms with Crippen LogP contribution in [0.3, 0.4) is 0 Å². The molecule has 0 radical (unpaired) electrons. The van der Waals surface area contributed by atoms with Gasteiger partial charge < -0.3 is 14.9 Å². The summed E-state index contributed by atoms with van der Waals surface area (Å²) < 4.78 is 0. The van der Waals surface area contributed by atoms with Gasteiger partial charge in [-0.2, -0.15) is 11.3 Å². The lowest BCUT2D eigenvalue weighted by molar-refractivity contribution is -0.0264. The number of thiophene rings is 1. The second kappa shape index (κ2) is 11.2. The fraction of sp³-hybridized carbons (Fsp3) is 0.370. The van der Waals surface area contributed by atoms with E-state index in [0.717, 1.165) is 42.7 Å². The van der Waals surface area contributed by atoms with Crippen molar-refractivity contribution >= 4 is 40.4 Å². The minimum Gasteiger partial charge on any atom is -0.385 e. The minimum absolute atomic E-state index is 0.0252. The van der Waals surface area contributed by atoms with Crippen molar-refractivity contribution in [2.75, 3.05) is 33.2 Å². The molecular weight excluding hydrogens is 487 g/mol. The Hall–Kier alpha value is -1.89. The summed E-state index contributed by atoms with van der Waals surface area (Å²) >= 11 is 14.0. The van der Waals surface area contributed by atoms with Gasteiger partial charge in [0.2, 0.25) is 0 Å². The number of carbonyl (C=O) groups is 1. The molecule has 34 heavy (non-hydrogen) atoms. The highest BCUT2D eigenvalue weighted by molar-refractivity contribution is 7.08. The SMILES string of the molecule is CN(CC(CCN1CCC(O)(c2ccccc2)CC1)c1ccc(Cl)c(Cl)c1)C(=O)c1ccsc1. The number of benzene rings is 2. The van der Waals surface area contributed by atoms with Crippen LogP contribution < -0.4 is 0 Å². The van der Waals surface area contributed by atoms with Gasteiger partial charge in [0.15, 0.2) is 0 Å². The number of amides is 1. The molecule has 3 aromatic rings. The number of hydrogen-bond acceptors (Lipinski definition) is 4.